The summed E-state index contributed by atoms with van der Waals surface area (Å²) in [5.74, 6) is 0.253. The molecule has 0 bridgehead atoms. The Morgan fingerprint density at radius 1 is 0.435 bits per heavy atom. The van der Waals surface area contributed by atoms with E-state index in [-0.39, 0.29) is 5.75 Å². The van der Waals surface area contributed by atoms with E-state index in [1.165, 1.54) is 14.0 Å². The number of rotatable bonds is 8. The van der Waals surface area contributed by atoms with Crippen molar-refractivity contribution in [2.24, 2.45) is 4.99 Å². The average Bonchev–Trinajstić information content (AvgIpc) is 3.14. The van der Waals surface area contributed by atoms with Crippen molar-refractivity contribution in [3.8, 4) is 28.0 Å². The first kappa shape index (κ1) is 29.5. The Morgan fingerprint density at radius 3 is 1.24 bits per heavy atom. The van der Waals surface area contributed by atoms with Gasteiger partial charge < -0.3 is 0 Å². The molecular weight excluding hydrogens is 668 g/mol. The molecule has 0 fully saturated rings. The van der Waals surface area contributed by atoms with Crippen molar-refractivity contribution in [1.29, 1.82) is 0 Å². The molecule has 0 unspecified atom stereocenters. The van der Waals surface area contributed by atoms with Crippen LogP contribution in [-0.2, 0) is 0 Å². The Hall–Kier alpha value is -5.17. The summed E-state index contributed by atoms with van der Waals surface area (Å²) in [7, 11) is 0. The van der Waals surface area contributed by atoms with Crippen LogP contribution in [0.3, 0.4) is 0 Å². The summed E-state index contributed by atoms with van der Waals surface area (Å²) in [5, 5.41) is 11.5. The minimum atomic E-state index is -3.70. The number of phenolic OH excluding ortho intramolecular Hbond substituents is 1. The van der Waals surface area contributed by atoms with Crippen LogP contribution in [-0.4, -0.2) is 30.1 Å². The number of hydrogen-bond donors (Lipinski definition) is 1. The molecule has 0 spiro atoms. The standard InChI is InChI=1S/C25H18NO.3C6H5.Sb/c27-25-23(20-12-6-2-7-13-20)16-22(26-18-19-10-4-1-5-11-19)17-24(25)21-14-8-3-9-15-21;3*1-2-4-6-5-3-1;/h1-10,12-18,27H;3*1-5H;/q;;;;+1. The van der Waals surface area contributed by atoms with Gasteiger partial charge in [-0.15, -0.1) is 0 Å². The molecule has 46 heavy (non-hydrogen) atoms. The van der Waals surface area contributed by atoms with Gasteiger partial charge in [0.05, 0.1) is 0 Å². The summed E-state index contributed by atoms with van der Waals surface area (Å²) >= 11 is -3.70. The van der Waals surface area contributed by atoms with Crippen LogP contribution in [0.1, 0.15) is 5.56 Å². The van der Waals surface area contributed by atoms with E-state index >= 15 is 0 Å². The first-order valence-electron chi connectivity index (χ1n) is 15.4. The van der Waals surface area contributed by atoms with Crippen LogP contribution in [0.4, 0.5) is 5.69 Å². The van der Waals surface area contributed by atoms with Crippen LogP contribution in [0, 0.1) is 0 Å². The van der Waals surface area contributed by atoms with Crippen LogP contribution in [0.15, 0.2) is 193 Å². The van der Waals surface area contributed by atoms with E-state index in [2.05, 4.69) is 115 Å². The predicted molar refractivity (Wildman–Crippen MR) is 196 cm³/mol. The molecule has 2 nitrogen and oxygen atoms in total. The maximum absolute atomic E-state index is 11.5. The molecule has 0 aliphatic rings. The van der Waals surface area contributed by atoms with Crippen LogP contribution >= 0.6 is 0 Å². The number of hydrogen-bond acceptors (Lipinski definition) is 2. The molecular formula is C43H33NOSb+. The molecule has 1 N–H and O–H groups in total. The van der Waals surface area contributed by atoms with Crippen LogP contribution in [0.5, 0.6) is 5.75 Å². The van der Waals surface area contributed by atoms with Gasteiger partial charge in [-0.25, -0.2) is 0 Å². The zero-order chi connectivity index (χ0) is 31.2. The maximum atomic E-state index is 11.5. The number of benzene rings is 7. The van der Waals surface area contributed by atoms with Gasteiger partial charge in [0.1, 0.15) is 0 Å². The molecule has 0 saturated heterocycles. The molecule has 0 radical (unpaired) electrons. The SMILES string of the molecule is Oc1c(-c2ccccc2)cc(N=Cc2cccc[c]2[Sb+]([c]2ccccc2)([c]2ccccc2)[c]2ccccc2)cc1-c1ccccc1. The van der Waals surface area contributed by atoms with Gasteiger partial charge >= 0.3 is 276 Å². The molecule has 0 atom stereocenters. The van der Waals surface area contributed by atoms with Crippen molar-refractivity contribution in [2.75, 3.05) is 0 Å². The minimum absolute atomic E-state index is 0.253. The Morgan fingerprint density at radius 2 is 0.804 bits per heavy atom. The zero-order valence-corrected chi connectivity index (χ0v) is 27.9. The summed E-state index contributed by atoms with van der Waals surface area (Å²) in [4.78, 5) is 5.14. The number of aliphatic imine (C=N–C) groups is 1. The van der Waals surface area contributed by atoms with Crippen LogP contribution < -0.4 is 14.0 Å². The van der Waals surface area contributed by atoms with Crippen molar-refractivity contribution < 1.29 is 5.11 Å². The zero-order valence-electron chi connectivity index (χ0n) is 25.3. The molecule has 7 rings (SSSR count). The van der Waals surface area contributed by atoms with Gasteiger partial charge in [-0.05, 0) is 0 Å². The fourth-order valence-electron chi connectivity index (χ4n) is 6.23. The van der Waals surface area contributed by atoms with E-state index in [1.54, 1.807) is 0 Å². The second-order valence-corrected chi connectivity index (χ2v) is 20.7. The van der Waals surface area contributed by atoms with Gasteiger partial charge in [-0.1, -0.05) is 0 Å². The topological polar surface area (TPSA) is 32.6 Å². The molecule has 220 valence electrons. The first-order chi connectivity index (χ1) is 22.7. The third-order valence-corrected chi connectivity index (χ3v) is 20.8. The second kappa shape index (κ2) is 13.4. The monoisotopic (exact) mass is 700 g/mol. The molecule has 0 aromatic heterocycles. The van der Waals surface area contributed by atoms with E-state index in [4.69, 9.17) is 4.99 Å². The Kier molecular flexibility index (Phi) is 8.63. The van der Waals surface area contributed by atoms with Gasteiger partial charge in [0.15, 0.2) is 0 Å². The number of aromatic hydroxyl groups is 1. The summed E-state index contributed by atoms with van der Waals surface area (Å²) in [6.07, 6.45) is 2.02. The Balaban J connectivity index is 1.44. The predicted octanol–water partition coefficient (Wildman–Crippen LogP) is 7.85. The van der Waals surface area contributed by atoms with Gasteiger partial charge in [0, 0.05) is 0 Å². The molecule has 0 saturated carbocycles. The second-order valence-electron chi connectivity index (χ2n) is 11.1. The number of phenols is 1. The van der Waals surface area contributed by atoms with Gasteiger partial charge in [0.25, 0.3) is 0 Å². The third-order valence-electron chi connectivity index (χ3n) is 8.35. The van der Waals surface area contributed by atoms with E-state index in [0.717, 1.165) is 33.5 Å². The van der Waals surface area contributed by atoms with Crippen LogP contribution in [0.2, 0.25) is 0 Å². The summed E-state index contributed by atoms with van der Waals surface area (Å²) < 4.78 is 5.46. The van der Waals surface area contributed by atoms with E-state index < -0.39 is 18.8 Å². The molecule has 7 aromatic carbocycles. The normalized spacial score (nSPS) is 11.5. The molecule has 0 aliphatic carbocycles. The fourth-order valence-corrected chi connectivity index (χ4v) is 18.8. The quantitative estimate of drug-likeness (QED) is 0.127. The summed E-state index contributed by atoms with van der Waals surface area (Å²) in [5.41, 5.74) is 5.29. The average molecular weight is 702 g/mol. The number of nitrogens with zero attached hydrogens (tertiary/aromatic N) is 1. The molecule has 0 heterocycles. The van der Waals surface area contributed by atoms with Crippen LogP contribution in [0.25, 0.3) is 22.3 Å². The Labute approximate surface area is 275 Å². The fraction of sp³-hybridized carbons (Fsp3) is 0. The van der Waals surface area contributed by atoms with Crippen molar-refractivity contribution in [1.82, 2.24) is 0 Å². The molecule has 0 amide bonds. The molecule has 3 heteroatoms. The molecule has 0 aliphatic heterocycles. The Bertz CT molecular complexity index is 1920. The van der Waals surface area contributed by atoms with E-state index in [9.17, 15) is 5.11 Å². The summed E-state index contributed by atoms with van der Waals surface area (Å²) in [6, 6.07) is 65.8. The van der Waals surface area contributed by atoms with E-state index in [1.807, 2.05) is 79.0 Å². The van der Waals surface area contributed by atoms with Gasteiger partial charge in [-0.2, -0.15) is 0 Å². The van der Waals surface area contributed by atoms with Gasteiger partial charge in [0.2, 0.25) is 0 Å². The third kappa shape index (κ3) is 5.69. The summed E-state index contributed by atoms with van der Waals surface area (Å²) in [6.45, 7) is 0. The van der Waals surface area contributed by atoms with Crippen molar-refractivity contribution in [3.05, 3.63) is 194 Å². The van der Waals surface area contributed by atoms with Crippen molar-refractivity contribution in [3.63, 3.8) is 0 Å². The van der Waals surface area contributed by atoms with Crippen molar-refractivity contribution in [2.45, 2.75) is 0 Å². The van der Waals surface area contributed by atoms with Gasteiger partial charge in [-0.3, -0.25) is 0 Å². The first-order valence-corrected chi connectivity index (χ1v) is 20.5. The van der Waals surface area contributed by atoms with Crippen molar-refractivity contribution >= 4 is 44.7 Å². The van der Waals surface area contributed by atoms with E-state index in [0.29, 0.717) is 0 Å². The molecule has 7 aromatic rings.